The lowest BCUT2D eigenvalue weighted by Crippen LogP contribution is -2.53. The van der Waals surface area contributed by atoms with Crippen LogP contribution in [0.4, 0.5) is 0 Å². The van der Waals surface area contributed by atoms with Crippen molar-refractivity contribution in [2.45, 2.75) is 17.7 Å². The van der Waals surface area contributed by atoms with Crippen molar-refractivity contribution in [2.75, 3.05) is 19.4 Å². The largest absolute Gasteiger partial charge is 0.395 e. The second-order valence-electron chi connectivity index (χ2n) is 4.19. The minimum Gasteiger partial charge on any atom is -0.395 e. The van der Waals surface area contributed by atoms with Crippen molar-refractivity contribution in [2.24, 2.45) is 5.73 Å². The lowest BCUT2D eigenvalue weighted by Gasteiger charge is -2.31. The van der Waals surface area contributed by atoms with Crippen molar-refractivity contribution < 1.29 is 9.90 Å². The summed E-state index contributed by atoms with van der Waals surface area (Å²) in [4.78, 5) is 11.8. The molecule has 1 amide bonds. The second kappa shape index (κ2) is 6.78. The predicted molar refractivity (Wildman–Crippen MR) is 75.4 cm³/mol. The van der Waals surface area contributed by atoms with Crippen molar-refractivity contribution in [3.05, 3.63) is 35.9 Å². The number of amides is 1. The molecule has 0 saturated carbocycles. The van der Waals surface area contributed by atoms with Gasteiger partial charge in [-0.15, -0.1) is 0 Å². The van der Waals surface area contributed by atoms with Gasteiger partial charge in [0.1, 0.15) is 5.54 Å². The second-order valence-corrected chi connectivity index (χ2v) is 5.62. The van der Waals surface area contributed by atoms with Crippen LogP contribution in [0.3, 0.4) is 0 Å². The fraction of sp³-hybridized carbons (Fsp3) is 0.462. The predicted octanol–water partition coefficient (Wildman–Crippen LogP) is 0.701. The summed E-state index contributed by atoms with van der Waals surface area (Å²) in [7, 11) is 1.72. The van der Waals surface area contributed by atoms with E-state index in [1.54, 1.807) is 7.05 Å². The monoisotopic (exact) mass is 268 g/mol. The van der Waals surface area contributed by atoms with Crippen molar-refractivity contribution in [3.63, 3.8) is 0 Å². The Bertz CT molecular complexity index is 386. The molecule has 0 heterocycles. The number of nitrogens with one attached hydrogen (secondary N) is 1. The number of likely N-dealkylation sites (N-methyl/N-ethyl adjacent to an activating group) is 1. The summed E-state index contributed by atoms with van der Waals surface area (Å²) in [5, 5.41) is 12.2. The number of carbonyl (C=O) groups is 1. The average Bonchev–Trinajstić information content (AvgIpc) is 2.40. The molecule has 0 bridgehead atoms. The highest BCUT2D eigenvalue weighted by molar-refractivity contribution is 8.00. The van der Waals surface area contributed by atoms with Gasteiger partial charge in [0.05, 0.1) is 6.61 Å². The van der Waals surface area contributed by atoms with Gasteiger partial charge in [0, 0.05) is 11.0 Å². The Morgan fingerprint density at radius 1 is 1.50 bits per heavy atom. The van der Waals surface area contributed by atoms with E-state index in [1.165, 1.54) is 11.8 Å². The van der Waals surface area contributed by atoms with E-state index in [0.717, 1.165) is 5.56 Å². The molecule has 0 spiro atoms. The molecule has 2 atom stereocenters. The fourth-order valence-electron chi connectivity index (χ4n) is 1.68. The van der Waals surface area contributed by atoms with E-state index in [1.807, 2.05) is 37.3 Å². The van der Waals surface area contributed by atoms with Crippen LogP contribution in [0.5, 0.6) is 0 Å². The smallest absolute Gasteiger partial charge is 0.243 e. The number of thioether (sulfide) groups is 1. The van der Waals surface area contributed by atoms with E-state index in [2.05, 4.69) is 5.32 Å². The molecule has 0 aromatic heterocycles. The summed E-state index contributed by atoms with van der Waals surface area (Å²) < 4.78 is 0. The zero-order valence-electron chi connectivity index (χ0n) is 10.7. The summed E-state index contributed by atoms with van der Waals surface area (Å²) in [5.74, 6) is 0.0822. The van der Waals surface area contributed by atoms with E-state index in [-0.39, 0.29) is 11.9 Å². The maximum absolute atomic E-state index is 11.8. The minimum absolute atomic E-state index is 0.0702. The third kappa shape index (κ3) is 3.25. The molecule has 0 aliphatic rings. The van der Waals surface area contributed by atoms with Gasteiger partial charge < -0.3 is 16.2 Å². The van der Waals surface area contributed by atoms with Gasteiger partial charge in [-0.2, -0.15) is 11.8 Å². The van der Waals surface area contributed by atoms with E-state index in [4.69, 9.17) is 10.8 Å². The molecule has 4 N–H and O–H groups in total. The lowest BCUT2D eigenvalue weighted by atomic mass is 9.91. The topological polar surface area (TPSA) is 75.3 Å². The molecule has 0 radical (unpaired) electrons. The van der Waals surface area contributed by atoms with Crippen LogP contribution < -0.4 is 11.1 Å². The maximum atomic E-state index is 11.8. The van der Waals surface area contributed by atoms with Gasteiger partial charge in [-0.25, -0.2) is 0 Å². The first-order valence-corrected chi connectivity index (χ1v) is 6.88. The summed E-state index contributed by atoms with van der Waals surface area (Å²) in [6.45, 7) is 2.00. The Morgan fingerprint density at radius 2 is 2.11 bits per heavy atom. The minimum atomic E-state index is -0.893. The molecular weight excluding hydrogens is 248 g/mol. The molecule has 0 aliphatic heterocycles. The van der Waals surface area contributed by atoms with Gasteiger partial charge in [-0.05, 0) is 12.6 Å². The number of primary amides is 1. The van der Waals surface area contributed by atoms with Crippen LogP contribution in [0, 0.1) is 0 Å². The standard InChI is InChI=1S/C13H20N2O2S/c1-10(8-16)18-9-13(15-2,12(14)17)11-6-4-3-5-7-11/h3-7,10,15-16H,8-9H2,1-2H3,(H2,14,17). The van der Waals surface area contributed by atoms with Crippen LogP contribution in [0.2, 0.25) is 0 Å². The molecule has 2 unspecified atom stereocenters. The number of nitrogens with two attached hydrogens (primary N) is 1. The quantitative estimate of drug-likeness (QED) is 0.680. The number of hydrogen-bond acceptors (Lipinski definition) is 4. The normalized spacial score (nSPS) is 15.9. The molecule has 5 heteroatoms. The first-order chi connectivity index (χ1) is 8.56. The number of hydrogen-bond donors (Lipinski definition) is 3. The summed E-state index contributed by atoms with van der Waals surface area (Å²) in [6, 6.07) is 9.42. The molecule has 1 aromatic carbocycles. The Morgan fingerprint density at radius 3 is 2.56 bits per heavy atom. The number of aliphatic hydroxyl groups excluding tert-OH is 1. The van der Waals surface area contributed by atoms with Crippen LogP contribution in [0.25, 0.3) is 0 Å². The molecule has 4 nitrogen and oxygen atoms in total. The summed E-state index contributed by atoms with van der Waals surface area (Å²) in [6.07, 6.45) is 0. The molecule has 18 heavy (non-hydrogen) atoms. The highest BCUT2D eigenvalue weighted by atomic mass is 32.2. The number of rotatable bonds is 7. The Hall–Kier alpha value is -1.04. The third-order valence-electron chi connectivity index (χ3n) is 2.96. The molecule has 0 fully saturated rings. The summed E-state index contributed by atoms with van der Waals surface area (Å²) >= 11 is 1.52. The van der Waals surface area contributed by atoms with Gasteiger partial charge in [0.15, 0.2) is 0 Å². The Labute approximate surface area is 112 Å². The molecule has 1 rings (SSSR count). The van der Waals surface area contributed by atoms with Crippen LogP contribution in [-0.4, -0.2) is 35.7 Å². The van der Waals surface area contributed by atoms with E-state index in [0.29, 0.717) is 5.75 Å². The van der Waals surface area contributed by atoms with Crippen molar-refractivity contribution >= 4 is 17.7 Å². The zero-order chi connectivity index (χ0) is 13.6. The van der Waals surface area contributed by atoms with Crippen LogP contribution in [0.15, 0.2) is 30.3 Å². The first-order valence-electron chi connectivity index (χ1n) is 5.83. The molecule has 0 aliphatic carbocycles. The Kier molecular flexibility index (Phi) is 5.65. The molecular formula is C13H20N2O2S. The van der Waals surface area contributed by atoms with Crippen LogP contribution >= 0.6 is 11.8 Å². The lowest BCUT2D eigenvalue weighted by molar-refractivity contribution is -0.123. The maximum Gasteiger partial charge on any atom is 0.243 e. The van der Waals surface area contributed by atoms with Gasteiger partial charge in [0.25, 0.3) is 0 Å². The number of benzene rings is 1. The number of aliphatic hydroxyl groups is 1. The van der Waals surface area contributed by atoms with Crippen molar-refractivity contribution in [1.29, 1.82) is 0 Å². The molecule has 0 saturated heterocycles. The molecule has 100 valence electrons. The van der Waals surface area contributed by atoms with E-state index < -0.39 is 11.4 Å². The van der Waals surface area contributed by atoms with Crippen LogP contribution in [0.1, 0.15) is 12.5 Å². The van der Waals surface area contributed by atoms with Crippen LogP contribution in [-0.2, 0) is 10.3 Å². The average molecular weight is 268 g/mol. The van der Waals surface area contributed by atoms with Crippen molar-refractivity contribution in [1.82, 2.24) is 5.32 Å². The SMILES string of the molecule is CNC(CSC(C)CO)(C(N)=O)c1ccccc1. The highest BCUT2D eigenvalue weighted by Crippen LogP contribution is 2.27. The molecule has 1 aromatic rings. The van der Waals surface area contributed by atoms with Gasteiger partial charge in [0.2, 0.25) is 5.91 Å². The third-order valence-corrected chi connectivity index (χ3v) is 4.27. The number of carbonyl (C=O) groups excluding carboxylic acids is 1. The fourth-order valence-corrected chi connectivity index (χ4v) is 2.77. The first kappa shape index (κ1) is 15.0. The summed E-state index contributed by atoms with van der Waals surface area (Å²) in [5.41, 5.74) is 5.52. The highest BCUT2D eigenvalue weighted by Gasteiger charge is 2.37. The zero-order valence-corrected chi connectivity index (χ0v) is 11.5. The van der Waals surface area contributed by atoms with Crippen molar-refractivity contribution in [3.8, 4) is 0 Å². The van der Waals surface area contributed by atoms with E-state index >= 15 is 0 Å². The van der Waals surface area contributed by atoms with E-state index in [9.17, 15) is 4.79 Å². The van der Waals surface area contributed by atoms with Gasteiger partial charge in [-0.3, -0.25) is 4.79 Å². The van der Waals surface area contributed by atoms with Gasteiger partial charge in [-0.1, -0.05) is 37.3 Å². The Balaban J connectivity index is 2.99. The van der Waals surface area contributed by atoms with Gasteiger partial charge >= 0.3 is 0 Å².